The number of amides is 1. The minimum atomic E-state index is -0.326. The Bertz CT molecular complexity index is 1060. The molecule has 0 aliphatic carbocycles. The van der Waals surface area contributed by atoms with Crippen molar-refractivity contribution in [1.82, 2.24) is 34.4 Å². The zero-order valence-electron chi connectivity index (χ0n) is 17.7. The quantitative estimate of drug-likeness (QED) is 0.634. The fourth-order valence-corrected chi connectivity index (χ4v) is 3.54. The van der Waals surface area contributed by atoms with Crippen molar-refractivity contribution < 1.29 is 9.53 Å². The van der Waals surface area contributed by atoms with Gasteiger partial charge in [-0.15, -0.1) is 15.3 Å². The van der Waals surface area contributed by atoms with E-state index in [1.807, 2.05) is 31.1 Å². The van der Waals surface area contributed by atoms with Crippen LogP contribution in [0.15, 0.2) is 24.4 Å². The van der Waals surface area contributed by atoms with E-state index in [-0.39, 0.29) is 11.8 Å². The van der Waals surface area contributed by atoms with Crippen LogP contribution in [0.5, 0.6) is 5.88 Å². The number of hydrogen-bond donors (Lipinski definition) is 1. The number of aryl methyl sites for hydroxylation is 1. The van der Waals surface area contributed by atoms with Crippen LogP contribution in [0.4, 0.5) is 5.82 Å². The zero-order chi connectivity index (χ0) is 21.3. The summed E-state index contributed by atoms with van der Waals surface area (Å²) in [6.45, 7) is 3.60. The van der Waals surface area contributed by atoms with Crippen molar-refractivity contribution in [2.75, 3.05) is 33.1 Å². The van der Waals surface area contributed by atoms with E-state index in [9.17, 15) is 4.79 Å². The largest absolute Gasteiger partial charge is 0.479 e. The van der Waals surface area contributed by atoms with Gasteiger partial charge in [-0.3, -0.25) is 9.48 Å². The number of anilines is 1. The van der Waals surface area contributed by atoms with E-state index in [4.69, 9.17) is 4.74 Å². The number of ether oxygens (including phenoxy) is 1. The summed E-state index contributed by atoms with van der Waals surface area (Å²) in [7, 11) is 5.47. The fourth-order valence-electron chi connectivity index (χ4n) is 3.54. The van der Waals surface area contributed by atoms with E-state index in [1.165, 1.54) is 7.11 Å². The third-order valence-electron chi connectivity index (χ3n) is 5.15. The molecule has 0 spiro atoms. The van der Waals surface area contributed by atoms with Crippen LogP contribution in [-0.4, -0.2) is 68.1 Å². The SMILES string of the molecule is COc1nn(CCN(C)C)cc1C(=O)Nc1cccc(-c2nnc3n2[C@@H](C)CC3)n1. The van der Waals surface area contributed by atoms with Gasteiger partial charge in [0.1, 0.15) is 22.9 Å². The third kappa shape index (κ3) is 3.90. The van der Waals surface area contributed by atoms with Crippen molar-refractivity contribution in [1.29, 1.82) is 0 Å². The van der Waals surface area contributed by atoms with Gasteiger partial charge in [-0.05, 0) is 39.6 Å². The summed E-state index contributed by atoms with van der Waals surface area (Å²) in [5.41, 5.74) is 1.04. The second kappa shape index (κ2) is 8.23. The molecule has 10 heteroatoms. The summed E-state index contributed by atoms with van der Waals surface area (Å²) >= 11 is 0. The Labute approximate surface area is 174 Å². The monoisotopic (exact) mass is 410 g/mol. The van der Waals surface area contributed by atoms with E-state index in [0.29, 0.717) is 29.7 Å². The van der Waals surface area contributed by atoms with Crippen molar-refractivity contribution in [3.8, 4) is 17.4 Å². The number of pyridine rings is 1. The average Bonchev–Trinajstić information content (AvgIpc) is 3.42. The lowest BCUT2D eigenvalue weighted by Gasteiger charge is -2.10. The zero-order valence-corrected chi connectivity index (χ0v) is 17.7. The Balaban J connectivity index is 1.54. The maximum absolute atomic E-state index is 12.9. The maximum atomic E-state index is 12.9. The van der Waals surface area contributed by atoms with Gasteiger partial charge in [0.2, 0.25) is 5.88 Å². The van der Waals surface area contributed by atoms with E-state index in [2.05, 4.69) is 37.1 Å². The van der Waals surface area contributed by atoms with Gasteiger partial charge in [0.15, 0.2) is 5.82 Å². The summed E-state index contributed by atoms with van der Waals surface area (Å²) in [4.78, 5) is 19.5. The average molecular weight is 410 g/mol. The first kappa shape index (κ1) is 20.0. The van der Waals surface area contributed by atoms with Gasteiger partial charge in [-0.2, -0.15) is 0 Å². The van der Waals surface area contributed by atoms with Gasteiger partial charge >= 0.3 is 0 Å². The van der Waals surface area contributed by atoms with Crippen molar-refractivity contribution >= 4 is 11.7 Å². The number of nitrogens with zero attached hydrogens (tertiary/aromatic N) is 7. The minimum absolute atomic E-state index is 0.284. The van der Waals surface area contributed by atoms with Crippen LogP contribution in [-0.2, 0) is 13.0 Å². The second-order valence-corrected chi connectivity index (χ2v) is 7.68. The molecule has 1 amide bonds. The predicted molar refractivity (Wildman–Crippen MR) is 112 cm³/mol. The third-order valence-corrected chi connectivity index (χ3v) is 5.15. The van der Waals surface area contributed by atoms with E-state index in [1.54, 1.807) is 16.9 Å². The molecule has 0 aromatic carbocycles. The molecular formula is C20H26N8O2. The second-order valence-electron chi connectivity index (χ2n) is 7.68. The molecule has 4 heterocycles. The van der Waals surface area contributed by atoms with Crippen LogP contribution in [0.2, 0.25) is 0 Å². The summed E-state index contributed by atoms with van der Waals surface area (Å²) in [5, 5.41) is 15.7. The van der Waals surface area contributed by atoms with Crippen LogP contribution in [0.1, 0.15) is 35.6 Å². The van der Waals surface area contributed by atoms with E-state index < -0.39 is 0 Å². The number of rotatable bonds is 7. The molecular weight excluding hydrogens is 384 g/mol. The number of carbonyl (C=O) groups is 1. The highest BCUT2D eigenvalue weighted by Crippen LogP contribution is 2.30. The van der Waals surface area contributed by atoms with E-state index in [0.717, 1.165) is 31.0 Å². The van der Waals surface area contributed by atoms with Gasteiger partial charge < -0.3 is 19.5 Å². The van der Waals surface area contributed by atoms with Gasteiger partial charge in [0.05, 0.1) is 13.7 Å². The van der Waals surface area contributed by atoms with Crippen LogP contribution in [0.3, 0.4) is 0 Å². The van der Waals surface area contributed by atoms with Crippen LogP contribution < -0.4 is 10.1 Å². The number of hydrogen-bond acceptors (Lipinski definition) is 7. The van der Waals surface area contributed by atoms with E-state index >= 15 is 0 Å². The lowest BCUT2D eigenvalue weighted by Crippen LogP contribution is -2.18. The first-order chi connectivity index (χ1) is 14.5. The lowest BCUT2D eigenvalue weighted by molar-refractivity contribution is 0.102. The Morgan fingerprint density at radius 3 is 2.93 bits per heavy atom. The number of methoxy groups -OCH3 is 1. The smallest absolute Gasteiger partial charge is 0.263 e. The molecule has 1 aliphatic heterocycles. The highest BCUT2D eigenvalue weighted by molar-refractivity contribution is 6.05. The highest BCUT2D eigenvalue weighted by atomic mass is 16.5. The van der Waals surface area contributed by atoms with Crippen molar-refractivity contribution in [2.24, 2.45) is 0 Å². The Kier molecular flexibility index (Phi) is 5.49. The predicted octanol–water partition coefficient (Wildman–Crippen LogP) is 1.87. The molecule has 0 radical (unpaired) electrons. The normalized spacial score (nSPS) is 15.4. The summed E-state index contributed by atoms with van der Waals surface area (Å²) in [6.07, 6.45) is 3.66. The molecule has 4 rings (SSSR count). The van der Waals surface area contributed by atoms with Crippen LogP contribution in [0, 0.1) is 0 Å². The fraction of sp³-hybridized carbons (Fsp3) is 0.450. The Morgan fingerprint density at radius 2 is 2.17 bits per heavy atom. The lowest BCUT2D eigenvalue weighted by atomic mass is 10.2. The Morgan fingerprint density at radius 1 is 1.33 bits per heavy atom. The van der Waals surface area contributed by atoms with Gasteiger partial charge in [-0.1, -0.05) is 6.07 Å². The molecule has 1 atom stereocenters. The van der Waals surface area contributed by atoms with Gasteiger partial charge in [0.25, 0.3) is 5.91 Å². The summed E-state index contributed by atoms with van der Waals surface area (Å²) in [5.74, 6) is 2.09. The molecule has 1 N–H and O–H groups in total. The number of fused-ring (bicyclic) bond motifs is 1. The maximum Gasteiger partial charge on any atom is 0.263 e. The topological polar surface area (TPSA) is 103 Å². The van der Waals surface area contributed by atoms with Crippen molar-refractivity contribution in [2.45, 2.75) is 32.4 Å². The number of carbonyl (C=O) groups excluding carboxylic acids is 1. The number of aromatic nitrogens is 6. The molecule has 3 aromatic heterocycles. The standard InChI is InChI=1S/C20H26N8O2/c1-13-8-9-17-23-24-18(28(13)17)15-6-5-7-16(21-15)22-19(29)14-12-27(11-10-26(2)3)25-20(14)30-4/h5-7,12-13H,8-11H2,1-4H3,(H,21,22,29)/t13-/m0/s1. The molecule has 10 nitrogen and oxygen atoms in total. The molecule has 0 fully saturated rings. The molecule has 30 heavy (non-hydrogen) atoms. The number of nitrogens with one attached hydrogen (secondary N) is 1. The molecule has 0 unspecified atom stereocenters. The molecule has 0 saturated heterocycles. The first-order valence-electron chi connectivity index (χ1n) is 9.95. The van der Waals surface area contributed by atoms with Crippen LogP contribution >= 0.6 is 0 Å². The first-order valence-corrected chi connectivity index (χ1v) is 9.95. The molecule has 3 aromatic rings. The Hall–Kier alpha value is -3.27. The molecule has 1 aliphatic rings. The summed E-state index contributed by atoms with van der Waals surface area (Å²) in [6, 6.07) is 5.80. The molecule has 158 valence electrons. The molecule has 0 saturated carbocycles. The van der Waals surface area contributed by atoms with Crippen LogP contribution in [0.25, 0.3) is 11.5 Å². The van der Waals surface area contributed by atoms with Gasteiger partial charge in [0, 0.05) is 25.2 Å². The number of likely N-dealkylation sites (N-methyl/N-ethyl adjacent to an activating group) is 1. The minimum Gasteiger partial charge on any atom is -0.479 e. The van der Waals surface area contributed by atoms with Crippen molar-refractivity contribution in [3.63, 3.8) is 0 Å². The summed E-state index contributed by atoms with van der Waals surface area (Å²) < 4.78 is 9.11. The van der Waals surface area contributed by atoms with Gasteiger partial charge in [-0.25, -0.2) is 4.98 Å². The highest BCUT2D eigenvalue weighted by Gasteiger charge is 2.25. The molecule has 0 bridgehead atoms. The van der Waals surface area contributed by atoms with Crippen molar-refractivity contribution in [3.05, 3.63) is 35.8 Å².